The van der Waals surface area contributed by atoms with Gasteiger partial charge in [-0.25, -0.2) is 9.97 Å². The quantitative estimate of drug-likeness (QED) is 0.729. The van der Waals surface area contributed by atoms with Crippen molar-refractivity contribution in [1.29, 1.82) is 0 Å². The van der Waals surface area contributed by atoms with Crippen LogP contribution >= 0.6 is 0 Å². The highest BCUT2D eigenvalue weighted by Gasteiger charge is 2.17. The van der Waals surface area contributed by atoms with Crippen molar-refractivity contribution in [3.05, 3.63) is 24.3 Å². The predicted molar refractivity (Wildman–Crippen MR) is 46.6 cm³/mol. The molecule has 0 saturated heterocycles. The molecule has 12 heavy (non-hydrogen) atoms. The number of hydrogen-bond acceptors (Lipinski definition) is 3. The molecule has 0 unspecified atom stereocenters. The maximum absolute atomic E-state index is 9.01. The van der Waals surface area contributed by atoms with Crippen LogP contribution in [0.3, 0.4) is 0 Å². The van der Waals surface area contributed by atoms with Crippen LogP contribution in [0.15, 0.2) is 18.6 Å². The number of aliphatic hydroxyl groups is 1. The van der Waals surface area contributed by atoms with Gasteiger partial charge in [-0.05, 0) is 17.9 Å². The second-order valence-electron chi connectivity index (χ2n) is 3.70. The monoisotopic (exact) mass is 166 g/mol. The topological polar surface area (TPSA) is 46.0 Å². The van der Waals surface area contributed by atoms with Gasteiger partial charge in [0.15, 0.2) is 0 Å². The molecule has 0 amide bonds. The largest absolute Gasteiger partial charge is 0.396 e. The molecule has 1 aromatic heterocycles. The zero-order chi connectivity index (χ0) is 9.03. The average Bonchev–Trinajstić information content (AvgIpc) is 2.06. The van der Waals surface area contributed by atoms with E-state index in [9.17, 15) is 0 Å². The Kier molecular flexibility index (Phi) is 2.76. The third-order valence-electron chi connectivity index (χ3n) is 1.73. The highest BCUT2D eigenvalue weighted by atomic mass is 16.3. The van der Waals surface area contributed by atoms with Crippen LogP contribution < -0.4 is 0 Å². The minimum absolute atomic E-state index is 0.0889. The molecule has 0 aromatic carbocycles. The van der Waals surface area contributed by atoms with Crippen molar-refractivity contribution in [2.24, 2.45) is 5.41 Å². The zero-order valence-corrected chi connectivity index (χ0v) is 7.49. The predicted octanol–water partition coefficient (Wildman–Crippen LogP) is 1.04. The Labute approximate surface area is 72.5 Å². The van der Waals surface area contributed by atoms with Crippen LogP contribution in [0.5, 0.6) is 0 Å². The Morgan fingerprint density at radius 2 is 2.25 bits per heavy atom. The van der Waals surface area contributed by atoms with E-state index in [0.29, 0.717) is 0 Å². The SMILES string of the molecule is CC(C)(CO)Cc1ccncn1. The third-order valence-corrected chi connectivity index (χ3v) is 1.73. The molecular weight excluding hydrogens is 152 g/mol. The molecule has 0 saturated carbocycles. The van der Waals surface area contributed by atoms with E-state index in [-0.39, 0.29) is 12.0 Å². The minimum Gasteiger partial charge on any atom is -0.396 e. The van der Waals surface area contributed by atoms with Gasteiger partial charge in [0.25, 0.3) is 0 Å². The molecule has 0 atom stereocenters. The summed E-state index contributed by atoms with van der Waals surface area (Å²) in [4.78, 5) is 7.92. The summed E-state index contributed by atoms with van der Waals surface area (Å²) in [5.41, 5.74) is 0.887. The average molecular weight is 166 g/mol. The van der Waals surface area contributed by atoms with Crippen molar-refractivity contribution in [3.8, 4) is 0 Å². The van der Waals surface area contributed by atoms with Crippen molar-refractivity contribution in [3.63, 3.8) is 0 Å². The summed E-state index contributed by atoms with van der Waals surface area (Å²) in [6.45, 7) is 4.20. The van der Waals surface area contributed by atoms with Gasteiger partial charge in [-0.3, -0.25) is 0 Å². The lowest BCUT2D eigenvalue weighted by molar-refractivity contribution is 0.158. The molecule has 1 rings (SSSR count). The molecule has 66 valence electrons. The Hall–Kier alpha value is -0.960. The van der Waals surface area contributed by atoms with Crippen LogP contribution in [0.4, 0.5) is 0 Å². The van der Waals surface area contributed by atoms with E-state index in [1.807, 2.05) is 19.9 Å². The molecule has 0 aliphatic rings. The maximum atomic E-state index is 9.01. The molecule has 3 nitrogen and oxygen atoms in total. The first kappa shape index (κ1) is 9.13. The van der Waals surface area contributed by atoms with Crippen LogP contribution in [-0.2, 0) is 6.42 Å². The maximum Gasteiger partial charge on any atom is 0.115 e. The molecular formula is C9H14N2O. The Morgan fingerprint density at radius 3 is 2.75 bits per heavy atom. The van der Waals surface area contributed by atoms with E-state index < -0.39 is 0 Å². The first-order chi connectivity index (χ1) is 5.64. The fourth-order valence-electron chi connectivity index (χ4n) is 0.969. The Morgan fingerprint density at radius 1 is 1.50 bits per heavy atom. The molecule has 0 aliphatic carbocycles. The van der Waals surface area contributed by atoms with E-state index in [4.69, 9.17) is 5.11 Å². The number of nitrogens with zero attached hydrogens (tertiary/aromatic N) is 2. The Bertz CT molecular complexity index is 234. The van der Waals surface area contributed by atoms with Crippen molar-refractivity contribution >= 4 is 0 Å². The van der Waals surface area contributed by atoms with Gasteiger partial charge in [0.1, 0.15) is 6.33 Å². The zero-order valence-electron chi connectivity index (χ0n) is 7.49. The van der Waals surface area contributed by atoms with Gasteiger partial charge in [-0.15, -0.1) is 0 Å². The second kappa shape index (κ2) is 3.63. The van der Waals surface area contributed by atoms with Crippen molar-refractivity contribution in [1.82, 2.24) is 9.97 Å². The normalized spacial score (nSPS) is 11.6. The molecule has 1 N–H and O–H groups in total. The lowest BCUT2D eigenvalue weighted by Crippen LogP contribution is -2.20. The first-order valence-electron chi connectivity index (χ1n) is 4.00. The van der Waals surface area contributed by atoms with Gasteiger partial charge in [-0.2, -0.15) is 0 Å². The molecule has 0 bridgehead atoms. The first-order valence-corrected chi connectivity index (χ1v) is 4.00. The molecule has 0 radical (unpaired) electrons. The highest BCUT2D eigenvalue weighted by Crippen LogP contribution is 2.18. The smallest absolute Gasteiger partial charge is 0.115 e. The standard InChI is InChI=1S/C9H14N2O/c1-9(2,6-12)5-8-3-4-10-7-11-8/h3-4,7,12H,5-6H2,1-2H3. The summed E-state index contributed by atoms with van der Waals surface area (Å²) in [6, 6.07) is 1.87. The van der Waals surface area contributed by atoms with Gasteiger partial charge >= 0.3 is 0 Å². The van der Waals surface area contributed by atoms with E-state index in [1.165, 1.54) is 6.33 Å². The number of hydrogen-bond donors (Lipinski definition) is 1. The summed E-state index contributed by atoms with van der Waals surface area (Å²) in [6.07, 6.45) is 4.03. The molecule has 3 heteroatoms. The van der Waals surface area contributed by atoms with E-state index >= 15 is 0 Å². The van der Waals surface area contributed by atoms with Crippen molar-refractivity contribution in [2.75, 3.05) is 6.61 Å². The van der Waals surface area contributed by atoms with Crippen LogP contribution in [-0.4, -0.2) is 21.7 Å². The van der Waals surface area contributed by atoms with Crippen LogP contribution in [0.2, 0.25) is 0 Å². The fraction of sp³-hybridized carbons (Fsp3) is 0.556. The van der Waals surface area contributed by atoms with Gasteiger partial charge in [0, 0.05) is 18.5 Å². The molecule has 1 heterocycles. The summed E-state index contributed by atoms with van der Waals surface area (Å²) in [5, 5.41) is 9.01. The molecule has 0 aliphatic heterocycles. The van der Waals surface area contributed by atoms with E-state index in [1.54, 1.807) is 6.20 Å². The van der Waals surface area contributed by atoms with Crippen LogP contribution in [0, 0.1) is 5.41 Å². The van der Waals surface area contributed by atoms with Crippen molar-refractivity contribution in [2.45, 2.75) is 20.3 Å². The van der Waals surface area contributed by atoms with E-state index in [0.717, 1.165) is 12.1 Å². The minimum atomic E-state index is -0.0889. The molecule has 0 fully saturated rings. The summed E-state index contributed by atoms with van der Waals surface area (Å²) < 4.78 is 0. The third kappa shape index (κ3) is 2.58. The number of aliphatic hydroxyl groups excluding tert-OH is 1. The highest BCUT2D eigenvalue weighted by molar-refractivity contribution is 5.00. The van der Waals surface area contributed by atoms with Crippen molar-refractivity contribution < 1.29 is 5.11 Å². The number of aromatic nitrogens is 2. The summed E-state index contributed by atoms with van der Waals surface area (Å²) in [5.74, 6) is 0. The molecule has 1 aromatic rings. The van der Waals surface area contributed by atoms with Gasteiger partial charge < -0.3 is 5.11 Å². The Balaban J connectivity index is 2.64. The lowest BCUT2D eigenvalue weighted by atomic mass is 9.89. The van der Waals surface area contributed by atoms with Gasteiger partial charge in [0.05, 0.1) is 0 Å². The fourth-order valence-corrected chi connectivity index (χ4v) is 0.969. The van der Waals surface area contributed by atoms with Gasteiger partial charge in [-0.1, -0.05) is 13.8 Å². The number of rotatable bonds is 3. The molecule has 0 spiro atoms. The van der Waals surface area contributed by atoms with Crippen LogP contribution in [0.25, 0.3) is 0 Å². The second-order valence-corrected chi connectivity index (χ2v) is 3.70. The van der Waals surface area contributed by atoms with Crippen LogP contribution in [0.1, 0.15) is 19.5 Å². The van der Waals surface area contributed by atoms with E-state index in [2.05, 4.69) is 9.97 Å². The summed E-state index contributed by atoms with van der Waals surface area (Å²) >= 11 is 0. The lowest BCUT2D eigenvalue weighted by Gasteiger charge is -2.20. The summed E-state index contributed by atoms with van der Waals surface area (Å²) in [7, 11) is 0. The van der Waals surface area contributed by atoms with Gasteiger partial charge in [0.2, 0.25) is 0 Å².